The van der Waals surface area contributed by atoms with Crippen molar-refractivity contribution in [1.82, 2.24) is 0 Å². The van der Waals surface area contributed by atoms with Crippen molar-refractivity contribution >= 4 is 0 Å². The zero-order chi connectivity index (χ0) is 20.5. The minimum atomic E-state index is -2.79. The van der Waals surface area contributed by atoms with Crippen LogP contribution in [0.2, 0.25) is 0 Å². The van der Waals surface area contributed by atoms with Gasteiger partial charge in [-0.25, -0.2) is 0 Å². The molecule has 0 spiro atoms. The average Bonchev–Trinajstić information content (AvgIpc) is 2.74. The Morgan fingerprint density at radius 3 is 1.55 bits per heavy atom. The summed E-state index contributed by atoms with van der Waals surface area (Å²) in [5.74, 6) is 0.178. The van der Waals surface area contributed by atoms with Gasteiger partial charge in [0.15, 0.2) is 0 Å². The van der Waals surface area contributed by atoms with Crippen LogP contribution < -0.4 is 4.74 Å². The van der Waals surface area contributed by atoms with Crippen LogP contribution in [0.4, 0.5) is 8.78 Å². The standard InChI is InChI=1S/C26H28F2O/c1-2-3-4-5-20-6-8-21(9-7-20)10-11-22-12-14-23(15-13-22)24-16-18-25(19-17-24)29-26(27)28/h6-9,12-19,26H,2-5,10-11H2,1H3. The maximum Gasteiger partial charge on any atom is 0.387 e. The lowest BCUT2D eigenvalue weighted by atomic mass is 9.99. The van der Waals surface area contributed by atoms with Crippen LogP contribution in [0.5, 0.6) is 5.75 Å². The van der Waals surface area contributed by atoms with E-state index in [2.05, 4.69) is 60.2 Å². The summed E-state index contributed by atoms with van der Waals surface area (Å²) in [6, 6.07) is 24.2. The summed E-state index contributed by atoms with van der Waals surface area (Å²) in [6.45, 7) is -0.561. The Bertz CT molecular complexity index is 853. The Morgan fingerprint density at radius 1 is 0.621 bits per heavy atom. The van der Waals surface area contributed by atoms with Gasteiger partial charge in [-0.15, -0.1) is 0 Å². The molecule has 0 fully saturated rings. The molecule has 0 unspecified atom stereocenters. The van der Waals surface area contributed by atoms with Crippen LogP contribution in [0, 0.1) is 0 Å². The van der Waals surface area contributed by atoms with E-state index in [0.717, 1.165) is 24.0 Å². The van der Waals surface area contributed by atoms with E-state index in [1.165, 1.54) is 42.4 Å². The lowest BCUT2D eigenvalue weighted by Gasteiger charge is -2.08. The van der Waals surface area contributed by atoms with E-state index in [1.807, 2.05) is 0 Å². The van der Waals surface area contributed by atoms with Crippen LogP contribution in [-0.2, 0) is 19.3 Å². The molecule has 0 aliphatic carbocycles. The third-order valence-corrected chi connectivity index (χ3v) is 5.16. The molecule has 0 aliphatic heterocycles. The molecule has 3 heteroatoms. The van der Waals surface area contributed by atoms with E-state index >= 15 is 0 Å². The third-order valence-electron chi connectivity index (χ3n) is 5.16. The first-order chi connectivity index (χ1) is 14.1. The zero-order valence-corrected chi connectivity index (χ0v) is 16.9. The fraction of sp³-hybridized carbons (Fsp3) is 0.308. The number of hydrogen-bond donors (Lipinski definition) is 0. The molecule has 1 nitrogen and oxygen atoms in total. The molecular formula is C26H28F2O. The van der Waals surface area contributed by atoms with Gasteiger partial charge in [0.05, 0.1) is 0 Å². The molecule has 3 rings (SSSR count). The molecule has 0 atom stereocenters. The molecule has 0 amide bonds. The Kier molecular flexibility index (Phi) is 7.80. The smallest absolute Gasteiger partial charge is 0.387 e. The molecule has 0 heterocycles. The Hall–Kier alpha value is -2.68. The van der Waals surface area contributed by atoms with E-state index in [-0.39, 0.29) is 5.75 Å². The van der Waals surface area contributed by atoms with E-state index < -0.39 is 6.61 Å². The SMILES string of the molecule is CCCCCc1ccc(CCc2ccc(-c3ccc(OC(F)F)cc3)cc2)cc1. The second-order valence-electron chi connectivity index (χ2n) is 7.37. The molecule has 3 aromatic rings. The summed E-state index contributed by atoms with van der Waals surface area (Å²) >= 11 is 0. The van der Waals surface area contributed by atoms with Gasteiger partial charge in [0.2, 0.25) is 0 Å². The van der Waals surface area contributed by atoms with Gasteiger partial charge in [-0.2, -0.15) is 8.78 Å². The Labute approximate surface area is 172 Å². The van der Waals surface area contributed by atoms with Crippen molar-refractivity contribution in [2.24, 2.45) is 0 Å². The Balaban J connectivity index is 1.52. The first-order valence-corrected chi connectivity index (χ1v) is 10.4. The lowest BCUT2D eigenvalue weighted by molar-refractivity contribution is -0.0498. The van der Waals surface area contributed by atoms with Gasteiger partial charge in [-0.3, -0.25) is 0 Å². The van der Waals surface area contributed by atoms with Crippen molar-refractivity contribution < 1.29 is 13.5 Å². The number of rotatable bonds is 10. The van der Waals surface area contributed by atoms with Crippen molar-refractivity contribution in [2.75, 3.05) is 0 Å². The number of benzene rings is 3. The van der Waals surface area contributed by atoms with Crippen molar-refractivity contribution in [3.63, 3.8) is 0 Å². The van der Waals surface area contributed by atoms with E-state index in [1.54, 1.807) is 24.3 Å². The molecule has 0 saturated heterocycles. The average molecular weight is 395 g/mol. The number of unbranched alkanes of at least 4 members (excludes halogenated alkanes) is 2. The Morgan fingerprint density at radius 2 is 1.07 bits per heavy atom. The minimum Gasteiger partial charge on any atom is -0.435 e. The molecule has 0 radical (unpaired) electrons. The summed E-state index contributed by atoms with van der Waals surface area (Å²) in [5.41, 5.74) is 6.13. The summed E-state index contributed by atoms with van der Waals surface area (Å²) in [6.07, 6.45) is 7.01. The van der Waals surface area contributed by atoms with Crippen LogP contribution in [-0.4, -0.2) is 6.61 Å². The van der Waals surface area contributed by atoms with Gasteiger partial charge in [-0.05, 0) is 65.6 Å². The first kappa shape index (κ1) is 21.0. The second kappa shape index (κ2) is 10.8. The van der Waals surface area contributed by atoms with Crippen LogP contribution >= 0.6 is 0 Å². The predicted molar refractivity (Wildman–Crippen MR) is 116 cm³/mol. The predicted octanol–water partition coefficient (Wildman–Crippen LogP) is 7.47. The second-order valence-corrected chi connectivity index (χ2v) is 7.37. The highest BCUT2D eigenvalue weighted by atomic mass is 19.3. The number of hydrogen-bond acceptors (Lipinski definition) is 1. The van der Waals surface area contributed by atoms with Gasteiger partial charge in [0, 0.05) is 0 Å². The van der Waals surface area contributed by atoms with Gasteiger partial charge in [-0.1, -0.05) is 80.4 Å². The third kappa shape index (κ3) is 6.70. The number of alkyl halides is 2. The molecule has 0 saturated carbocycles. The van der Waals surface area contributed by atoms with Gasteiger partial charge in [0.25, 0.3) is 0 Å². The maximum absolute atomic E-state index is 12.2. The van der Waals surface area contributed by atoms with Crippen molar-refractivity contribution in [3.05, 3.63) is 89.5 Å². The summed E-state index contributed by atoms with van der Waals surface area (Å²) < 4.78 is 28.9. The fourth-order valence-electron chi connectivity index (χ4n) is 3.43. The zero-order valence-electron chi connectivity index (χ0n) is 16.9. The number of halogens is 2. The number of ether oxygens (including phenoxy) is 1. The van der Waals surface area contributed by atoms with E-state index in [4.69, 9.17) is 0 Å². The molecule has 0 aromatic heterocycles. The maximum atomic E-state index is 12.2. The molecule has 29 heavy (non-hydrogen) atoms. The first-order valence-electron chi connectivity index (χ1n) is 10.4. The van der Waals surface area contributed by atoms with Crippen LogP contribution in [0.1, 0.15) is 42.9 Å². The van der Waals surface area contributed by atoms with Crippen molar-refractivity contribution in [2.45, 2.75) is 52.1 Å². The minimum absolute atomic E-state index is 0.178. The highest BCUT2D eigenvalue weighted by Crippen LogP contribution is 2.24. The quantitative estimate of drug-likeness (QED) is 0.324. The van der Waals surface area contributed by atoms with Crippen molar-refractivity contribution in [1.29, 1.82) is 0 Å². The van der Waals surface area contributed by atoms with Gasteiger partial charge in [0.1, 0.15) is 5.75 Å². The molecule has 0 bridgehead atoms. The number of aryl methyl sites for hydroxylation is 3. The summed E-state index contributed by atoms with van der Waals surface area (Å²) in [7, 11) is 0. The summed E-state index contributed by atoms with van der Waals surface area (Å²) in [5, 5.41) is 0. The van der Waals surface area contributed by atoms with E-state index in [0.29, 0.717) is 0 Å². The van der Waals surface area contributed by atoms with Crippen molar-refractivity contribution in [3.8, 4) is 16.9 Å². The van der Waals surface area contributed by atoms with Crippen LogP contribution in [0.25, 0.3) is 11.1 Å². The highest BCUT2D eigenvalue weighted by Gasteiger charge is 2.05. The van der Waals surface area contributed by atoms with E-state index in [9.17, 15) is 8.78 Å². The summed E-state index contributed by atoms with van der Waals surface area (Å²) in [4.78, 5) is 0. The molecular weight excluding hydrogens is 366 g/mol. The lowest BCUT2D eigenvalue weighted by Crippen LogP contribution is -2.01. The molecule has 152 valence electrons. The largest absolute Gasteiger partial charge is 0.435 e. The normalized spacial score (nSPS) is 11.0. The molecule has 0 N–H and O–H groups in total. The topological polar surface area (TPSA) is 9.23 Å². The molecule has 3 aromatic carbocycles. The van der Waals surface area contributed by atoms with Gasteiger partial charge >= 0.3 is 6.61 Å². The highest BCUT2D eigenvalue weighted by molar-refractivity contribution is 5.64. The molecule has 0 aliphatic rings. The van der Waals surface area contributed by atoms with Crippen LogP contribution in [0.3, 0.4) is 0 Å². The van der Waals surface area contributed by atoms with Crippen LogP contribution in [0.15, 0.2) is 72.8 Å². The monoisotopic (exact) mass is 394 g/mol. The fourth-order valence-corrected chi connectivity index (χ4v) is 3.43. The van der Waals surface area contributed by atoms with Gasteiger partial charge < -0.3 is 4.74 Å².